The zero-order valence-electron chi connectivity index (χ0n) is 15.2. The molecule has 1 atom stereocenters. The summed E-state index contributed by atoms with van der Waals surface area (Å²) in [7, 11) is 0. The van der Waals surface area contributed by atoms with Crippen LogP contribution in [0.1, 0.15) is 54.9 Å². The standard InChI is InChI=1S/C22H25BrO4/c23-19-11-15(10-18(12-19)22(26)16-6-2-1-3-7-16)14-27-20-9-5-4-8-17(20)13-21(24)25/h4-5,8-12,16,22,26H,1-3,6-7,13-14H2,(H,24,25). The van der Waals surface area contributed by atoms with Crippen molar-refractivity contribution in [2.24, 2.45) is 5.92 Å². The van der Waals surface area contributed by atoms with Crippen LogP contribution in [0.3, 0.4) is 0 Å². The van der Waals surface area contributed by atoms with Crippen molar-refractivity contribution >= 4 is 21.9 Å². The highest BCUT2D eigenvalue weighted by molar-refractivity contribution is 9.10. The Bertz CT molecular complexity index is 784. The number of aliphatic hydroxyl groups excluding tert-OH is 1. The summed E-state index contributed by atoms with van der Waals surface area (Å²) < 4.78 is 6.80. The highest BCUT2D eigenvalue weighted by atomic mass is 79.9. The molecule has 0 aliphatic heterocycles. The number of ether oxygens (including phenoxy) is 1. The number of carboxylic acid groups (broad SMARTS) is 1. The fourth-order valence-electron chi connectivity index (χ4n) is 3.77. The molecule has 0 spiro atoms. The molecule has 1 aliphatic rings. The average Bonchev–Trinajstić information content (AvgIpc) is 2.66. The Balaban J connectivity index is 1.72. The molecule has 1 unspecified atom stereocenters. The molecule has 3 rings (SSSR count). The van der Waals surface area contributed by atoms with Crippen LogP contribution in [0.4, 0.5) is 0 Å². The van der Waals surface area contributed by atoms with Gasteiger partial charge in [0.25, 0.3) is 0 Å². The van der Waals surface area contributed by atoms with Crippen molar-refractivity contribution in [1.29, 1.82) is 0 Å². The summed E-state index contributed by atoms with van der Waals surface area (Å²) in [6.07, 6.45) is 5.25. The normalized spacial score (nSPS) is 16.1. The van der Waals surface area contributed by atoms with Gasteiger partial charge in [-0.3, -0.25) is 4.79 Å². The molecule has 0 amide bonds. The van der Waals surface area contributed by atoms with Gasteiger partial charge in [0.2, 0.25) is 0 Å². The van der Waals surface area contributed by atoms with Crippen LogP contribution in [-0.4, -0.2) is 16.2 Å². The molecule has 0 radical (unpaired) electrons. The molecular formula is C22H25BrO4. The fourth-order valence-corrected chi connectivity index (χ4v) is 4.32. The summed E-state index contributed by atoms with van der Waals surface area (Å²) in [5, 5.41) is 19.8. The molecule has 0 aromatic heterocycles. The number of carbonyl (C=O) groups is 1. The first kappa shape index (κ1) is 19.9. The van der Waals surface area contributed by atoms with Crippen molar-refractivity contribution in [2.45, 2.75) is 51.2 Å². The van der Waals surface area contributed by atoms with Gasteiger partial charge in [-0.1, -0.05) is 53.4 Å². The van der Waals surface area contributed by atoms with Gasteiger partial charge in [0.05, 0.1) is 12.5 Å². The molecule has 2 N–H and O–H groups in total. The van der Waals surface area contributed by atoms with E-state index in [-0.39, 0.29) is 6.42 Å². The van der Waals surface area contributed by atoms with E-state index in [1.807, 2.05) is 30.3 Å². The second-order valence-corrected chi connectivity index (χ2v) is 8.12. The number of carboxylic acids is 1. The molecular weight excluding hydrogens is 408 g/mol. The van der Waals surface area contributed by atoms with Crippen LogP contribution in [0, 0.1) is 5.92 Å². The van der Waals surface area contributed by atoms with Gasteiger partial charge in [0, 0.05) is 10.0 Å². The molecule has 0 saturated heterocycles. The van der Waals surface area contributed by atoms with Crippen molar-refractivity contribution < 1.29 is 19.7 Å². The Morgan fingerprint density at radius 1 is 1.15 bits per heavy atom. The lowest BCUT2D eigenvalue weighted by Crippen LogP contribution is -2.16. The summed E-state index contributed by atoms with van der Waals surface area (Å²) >= 11 is 3.53. The number of para-hydroxylation sites is 1. The largest absolute Gasteiger partial charge is 0.489 e. The molecule has 2 aromatic carbocycles. The van der Waals surface area contributed by atoms with E-state index >= 15 is 0 Å². The van der Waals surface area contributed by atoms with Crippen LogP contribution in [0.25, 0.3) is 0 Å². The van der Waals surface area contributed by atoms with E-state index in [0.717, 1.165) is 28.4 Å². The minimum absolute atomic E-state index is 0.0691. The predicted octanol–water partition coefficient (Wildman–Crippen LogP) is 5.27. The number of aliphatic hydroxyl groups is 1. The third-order valence-corrected chi connectivity index (χ3v) is 5.58. The Morgan fingerprint density at radius 2 is 1.89 bits per heavy atom. The molecule has 1 saturated carbocycles. The lowest BCUT2D eigenvalue weighted by atomic mass is 9.82. The van der Waals surface area contributed by atoms with Gasteiger partial charge in [0.1, 0.15) is 12.4 Å². The number of benzene rings is 2. The average molecular weight is 433 g/mol. The van der Waals surface area contributed by atoms with Gasteiger partial charge in [-0.15, -0.1) is 0 Å². The van der Waals surface area contributed by atoms with Gasteiger partial charge < -0.3 is 14.9 Å². The summed E-state index contributed by atoms with van der Waals surface area (Å²) in [6.45, 7) is 0.320. The summed E-state index contributed by atoms with van der Waals surface area (Å²) in [5.74, 6) is 0.0127. The summed E-state index contributed by atoms with van der Waals surface area (Å²) in [6, 6.07) is 13.1. The Hall–Kier alpha value is -1.85. The van der Waals surface area contributed by atoms with Gasteiger partial charge in [0.15, 0.2) is 0 Å². The molecule has 0 heterocycles. The van der Waals surface area contributed by atoms with Crippen LogP contribution in [0.2, 0.25) is 0 Å². The van der Waals surface area contributed by atoms with E-state index in [1.54, 1.807) is 12.1 Å². The van der Waals surface area contributed by atoms with E-state index in [9.17, 15) is 9.90 Å². The molecule has 5 heteroatoms. The topological polar surface area (TPSA) is 66.8 Å². The Morgan fingerprint density at radius 3 is 2.63 bits per heavy atom. The number of hydrogen-bond donors (Lipinski definition) is 2. The first-order chi connectivity index (χ1) is 13.0. The zero-order valence-corrected chi connectivity index (χ0v) is 16.8. The number of halogens is 1. The van der Waals surface area contributed by atoms with E-state index < -0.39 is 12.1 Å². The molecule has 1 aliphatic carbocycles. The van der Waals surface area contributed by atoms with Crippen LogP contribution in [0.5, 0.6) is 5.75 Å². The van der Waals surface area contributed by atoms with Gasteiger partial charge in [-0.05, 0) is 54.2 Å². The number of hydrogen-bond acceptors (Lipinski definition) is 3. The predicted molar refractivity (Wildman–Crippen MR) is 108 cm³/mol. The SMILES string of the molecule is O=C(O)Cc1ccccc1OCc1cc(Br)cc(C(O)C2CCCCC2)c1. The van der Waals surface area contributed by atoms with Crippen molar-refractivity contribution in [2.75, 3.05) is 0 Å². The Kier molecular flexibility index (Phi) is 6.91. The first-order valence-electron chi connectivity index (χ1n) is 9.43. The second-order valence-electron chi connectivity index (χ2n) is 7.20. The molecule has 2 aromatic rings. The lowest BCUT2D eigenvalue weighted by molar-refractivity contribution is -0.136. The summed E-state index contributed by atoms with van der Waals surface area (Å²) in [5.41, 5.74) is 2.51. The second kappa shape index (κ2) is 9.38. The molecule has 1 fully saturated rings. The lowest BCUT2D eigenvalue weighted by Gasteiger charge is -2.27. The van der Waals surface area contributed by atoms with E-state index in [4.69, 9.17) is 9.84 Å². The maximum Gasteiger partial charge on any atom is 0.307 e. The highest BCUT2D eigenvalue weighted by Crippen LogP contribution is 2.35. The van der Waals surface area contributed by atoms with E-state index in [1.165, 1.54) is 19.3 Å². The molecule has 27 heavy (non-hydrogen) atoms. The van der Waals surface area contributed by atoms with Crippen molar-refractivity contribution in [3.05, 3.63) is 63.6 Å². The quantitative estimate of drug-likeness (QED) is 0.625. The Labute approximate surface area is 168 Å². The van der Waals surface area contributed by atoms with Crippen LogP contribution in [0.15, 0.2) is 46.9 Å². The molecule has 0 bridgehead atoms. The van der Waals surface area contributed by atoms with Gasteiger partial charge >= 0.3 is 5.97 Å². The zero-order chi connectivity index (χ0) is 19.2. The maximum absolute atomic E-state index is 11.0. The number of aliphatic carboxylic acids is 1. The third kappa shape index (κ3) is 5.56. The van der Waals surface area contributed by atoms with Gasteiger partial charge in [-0.2, -0.15) is 0 Å². The monoisotopic (exact) mass is 432 g/mol. The van der Waals surface area contributed by atoms with Crippen LogP contribution >= 0.6 is 15.9 Å². The fraction of sp³-hybridized carbons (Fsp3) is 0.409. The van der Waals surface area contributed by atoms with Crippen LogP contribution in [-0.2, 0) is 17.8 Å². The van der Waals surface area contributed by atoms with Gasteiger partial charge in [-0.25, -0.2) is 0 Å². The van der Waals surface area contributed by atoms with Crippen LogP contribution < -0.4 is 4.74 Å². The van der Waals surface area contributed by atoms with Crippen molar-refractivity contribution in [3.8, 4) is 5.75 Å². The molecule has 144 valence electrons. The minimum atomic E-state index is -0.883. The van der Waals surface area contributed by atoms with Crippen molar-refractivity contribution in [3.63, 3.8) is 0 Å². The molecule has 4 nitrogen and oxygen atoms in total. The summed E-state index contributed by atoms with van der Waals surface area (Å²) in [4.78, 5) is 11.0. The maximum atomic E-state index is 11.0. The van der Waals surface area contributed by atoms with E-state index in [0.29, 0.717) is 23.8 Å². The third-order valence-electron chi connectivity index (χ3n) is 5.13. The van der Waals surface area contributed by atoms with Crippen molar-refractivity contribution in [1.82, 2.24) is 0 Å². The van der Waals surface area contributed by atoms with E-state index in [2.05, 4.69) is 15.9 Å². The number of rotatable bonds is 7. The smallest absolute Gasteiger partial charge is 0.307 e. The minimum Gasteiger partial charge on any atom is -0.489 e. The first-order valence-corrected chi connectivity index (χ1v) is 10.2. The highest BCUT2D eigenvalue weighted by Gasteiger charge is 2.23.